The molecule has 0 aliphatic carbocycles. The van der Waals surface area contributed by atoms with E-state index in [-0.39, 0.29) is 5.91 Å². The zero-order valence-corrected chi connectivity index (χ0v) is 13.3. The van der Waals surface area contributed by atoms with Crippen LogP contribution in [0.25, 0.3) is 11.1 Å². The SMILES string of the molecule is Cc1ccc(NCCNC(=O)c2cccc(-c3ccoc3)c2)nn1. The van der Waals surface area contributed by atoms with E-state index in [9.17, 15) is 4.79 Å². The van der Waals surface area contributed by atoms with E-state index >= 15 is 0 Å². The molecule has 0 aliphatic heterocycles. The number of aryl methyl sites for hydroxylation is 1. The van der Waals surface area contributed by atoms with Crippen molar-refractivity contribution in [2.24, 2.45) is 0 Å². The molecule has 24 heavy (non-hydrogen) atoms. The van der Waals surface area contributed by atoms with Crippen LogP contribution >= 0.6 is 0 Å². The average molecular weight is 322 g/mol. The molecule has 0 fully saturated rings. The lowest BCUT2D eigenvalue weighted by molar-refractivity contribution is 0.0955. The minimum absolute atomic E-state index is 0.114. The van der Waals surface area contributed by atoms with E-state index in [2.05, 4.69) is 20.8 Å². The van der Waals surface area contributed by atoms with Crippen molar-refractivity contribution in [3.05, 3.63) is 66.2 Å². The van der Waals surface area contributed by atoms with Crippen LogP contribution in [0.4, 0.5) is 5.82 Å². The highest BCUT2D eigenvalue weighted by atomic mass is 16.3. The molecule has 0 saturated carbocycles. The first kappa shape index (κ1) is 15.7. The normalized spacial score (nSPS) is 10.4. The number of benzene rings is 1. The number of hydrogen-bond acceptors (Lipinski definition) is 5. The minimum Gasteiger partial charge on any atom is -0.472 e. The molecule has 6 nitrogen and oxygen atoms in total. The fourth-order valence-electron chi connectivity index (χ4n) is 2.23. The molecule has 0 radical (unpaired) electrons. The number of anilines is 1. The lowest BCUT2D eigenvalue weighted by Crippen LogP contribution is -2.28. The molecule has 0 unspecified atom stereocenters. The number of nitrogens with one attached hydrogen (secondary N) is 2. The van der Waals surface area contributed by atoms with Gasteiger partial charge in [0.05, 0.1) is 18.2 Å². The highest BCUT2D eigenvalue weighted by Crippen LogP contribution is 2.20. The first-order valence-electron chi connectivity index (χ1n) is 7.67. The Morgan fingerprint density at radius 2 is 2.00 bits per heavy atom. The van der Waals surface area contributed by atoms with Crippen molar-refractivity contribution in [3.8, 4) is 11.1 Å². The van der Waals surface area contributed by atoms with Gasteiger partial charge in [0.15, 0.2) is 0 Å². The van der Waals surface area contributed by atoms with E-state index in [0.717, 1.165) is 16.8 Å². The maximum atomic E-state index is 12.2. The summed E-state index contributed by atoms with van der Waals surface area (Å²) in [5.74, 6) is 0.578. The Morgan fingerprint density at radius 1 is 1.08 bits per heavy atom. The van der Waals surface area contributed by atoms with Gasteiger partial charge in [0.1, 0.15) is 5.82 Å². The zero-order chi connectivity index (χ0) is 16.8. The quantitative estimate of drug-likeness (QED) is 0.682. The van der Waals surface area contributed by atoms with Crippen LogP contribution in [0.2, 0.25) is 0 Å². The van der Waals surface area contributed by atoms with Gasteiger partial charge in [-0.2, -0.15) is 5.10 Å². The molecule has 1 amide bonds. The van der Waals surface area contributed by atoms with Crippen molar-refractivity contribution < 1.29 is 9.21 Å². The standard InChI is InChI=1S/C18H18N4O2/c1-13-5-6-17(22-21-13)19-8-9-20-18(23)15-4-2-3-14(11-15)16-7-10-24-12-16/h2-7,10-12H,8-9H2,1H3,(H,19,22)(H,20,23). The largest absolute Gasteiger partial charge is 0.472 e. The highest BCUT2D eigenvalue weighted by molar-refractivity contribution is 5.95. The van der Waals surface area contributed by atoms with Gasteiger partial charge in [-0.05, 0) is 42.8 Å². The molecule has 2 N–H and O–H groups in total. The van der Waals surface area contributed by atoms with Crippen LogP contribution in [0.5, 0.6) is 0 Å². The second-order valence-corrected chi connectivity index (χ2v) is 5.34. The van der Waals surface area contributed by atoms with E-state index < -0.39 is 0 Å². The van der Waals surface area contributed by atoms with Gasteiger partial charge in [0.25, 0.3) is 5.91 Å². The number of furan rings is 1. The van der Waals surface area contributed by atoms with Crippen LogP contribution in [0, 0.1) is 6.92 Å². The average Bonchev–Trinajstić information content (AvgIpc) is 3.15. The fraction of sp³-hybridized carbons (Fsp3) is 0.167. The first-order chi connectivity index (χ1) is 11.7. The third-order valence-corrected chi connectivity index (χ3v) is 3.49. The second-order valence-electron chi connectivity index (χ2n) is 5.34. The fourth-order valence-corrected chi connectivity index (χ4v) is 2.23. The van der Waals surface area contributed by atoms with Crippen molar-refractivity contribution in [1.29, 1.82) is 0 Å². The van der Waals surface area contributed by atoms with Crippen molar-refractivity contribution in [2.45, 2.75) is 6.92 Å². The third-order valence-electron chi connectivity index (χ3n) is 3.49. The Labute approximate surface area is 139 Å². The Morgan fingerprint density at radius 3 is 2.75 bits per heavy atom. The van der Waals surface area contributed by atoms with Gasteiger partial charge in [-0.15, -0.1) is 5.10 Å². The van der Waals surface area contributed by atoms with E-state index in [0.29, 0.717) is 24.5 Å². The van der Waals surface area contributed by atoms with Crippen LogP contribution in [0.15, 0.2) is 59.4 Å². The number of rotatable bonds is 6. The number of carbonyl (C=O) groups excluding carboxylic acids is 1. The summed E-state index contributed by atoms with van der Waals surface area (Å²) in [6.07, 6.45) is 3.27. The van der Waals surface area contributed by atoms with Crippen molar-refractivity contribution in [2.75, 3.05) is 18.4 Å². The minimum atomic E-state index is -0.114. The number of hydrogen-bond donors (Lipinski definition) is 2. The van der Waals surface area contributed by atoms with Crippen LogP contribution in [-0.4, -0.2) is 29.2 Å². The van der Waals surface area contributed by atoms with Gasteiger partial charge in [0, 0.05) is 24.2 Å². The highest BCUT2D eigenvalue weighted by Gasteiger charge is 2.07. The van der Waals surface area contributed by atoms with E-state index in [1.807, 2.05) is 43.3 Å². The summed E-state index contributed by atoms with van der Waals surface area (Å²) in [5, 5.41) is 14.0. The lowest BCUT2D eigenvalue weighted by Gasteiger charge is -2.08. The smallest absolute Gasteiger partial charge is 0.251 e. The van der Waals surface area contributed by atoms with Gasteiger partial charge < -0.3 is 15.1 Å². The van der Waals surface area contributed by atoms with Crippen LogP contribution in [-0.2, 0) is 0 Å². The zero-order valence-electron chi connectivity index (χ0n) is 13.3. The predicted octanol–water partition coefficient (Wildman–Crippen LogP) is 2.89. The molecule has 0 spiro atoms. The molecule has 6 heteroatoms. The number of carbonyl (C=O) groups is 1. The van der Waals surface area contributed by atoms with Crippen LogP contribution < -0.4 is 10.6 Å². The van der Waals surface area contributed by atoms with Gasteiger partial charge >= 0.3 is 0 Å². The summed E-state index contributed by atoms with van der Waals surface area (Å²) in [7, 11) is 0. The van der Waals surface area contributed by atoms with E-state index in [4.69, 9.17) is 4.42 Å². The van der Waals surface area contributed by atoms with Gasteiger partial charge in [-0.25, -0.2) is 0 Å². The number of aromatic nitrogens is 2. The van der Waals surface area contributed by atoms with Crippen molar-refractivity contribution in [3.63, 3.8) is 0 Å². The molecule has 0 bridgehead atoms. The lowest BCUT2D eigenvalue weighted by atomic mass is 10.1. The molecule has 0 aliphatic rings. The molecular formula is C18H18N4O2. The Kier molecular flexibility index (Phi) is 4.86. The molecule has 2 aromatic heterocycles. The van der Waals surface area contributed by atoms with E-state index in [1.165, 1.54) is 0 Å². The summed E-state index contributed by atoms with van der Waals surface area (Å²) in [4.78, 5) is 12.2. The maximum Gasteiger partial charge on any atom is 0.251 e. The second kappa shape index (κ2) is 7.41. The monoisotopic (exact) mass is 322 g/mol. The van der Waals surface area contributed by atoms with Gasteiger partial charge in [0.2, 0.25) is 0 Å². The molecule has 0 atom stereocenters. The molecule has 3 rings (SSSR count). The van der Waals surface area contributed by atoms with Crippen LogP contribution in [0.3, 0.4) is 0 Å². The molecular weight excluding hydrogens is 304 g/mol. The van der Waals surface area contributed by atoms with E-state index in [1.54, 1.807) is 18.6 Å². The number of amides is 1. The Bertz CT molecular complexity index is 798. The topological polar surface area (TPSA) is 80.0 Å². The molecule has 1 aromatic carbocycles. The summed E-state index contributed by atoms with van der Waals surface area (Å²) in [6, 6.07) is 13.0. The maximum absolute atomic E-state index is 12.2. The molecule has 2 heterocycles. The predicted molar refractivity (Wildman–Crippen MR) is 91.7 cm³/mol. The van der Waals surface area contributed by atoms with Crippen LogP contribution in [0.1, 0.15) is 16.1 Å². The summed E-state index contributed by atoms with van der Waals surface area (Å²) in [6.45, 7) is 2.95. The third kappa shape index (κ3) is 3.98. The number of nitrogens with zero attached hydrogens (tertiary/aromatic N) is 2. The summed E-state index contributed by atoms with van der Waals surface area (Å²) >= 11 is 0. The Hall–Kier alpha value is -3.15. The van der Waals surface area contributed by atoms with Crippen molar-refractivity contribution >= 4 is 11.7 Å². The Balaban J connectivity index is 1.52. The molecule has 122 valence electrons. The summed E-state index contributed by atoms with van der Waals surface area (Å²) < 4.78 is 5.08. The summed E-state index contributed by atoms with van der Waals surface area (Å²) in [5.41, 5.74) is 3.38. The van der Waals surface area contributed by atoms with Gasteiger partial charge in [-0.3, -0.25) is 4.79 Å². The van der Waals surface area contributed by atoms with Crippen molar-refractivity contribution in [1.82, 2.24) is 15.5 Å². The van der Waals surface area contributed by atoms with Gasteiger partial charge in [-0.1, -0.05) is 12.1 Å². The molecule has 3 aromatic rings. The first-order valence-corrected chi connectivity index (χ1v) is 7.67. The molecule has 0 saturated heterocycles.